The highest BCUT2D eigenvalue weighted by Gasteiger charge is 2.41. The van der Waals surface area contributed by atoms with Crippen molar-refractivity contribution in [2.45, 2.75) is 26.2 Å². The molecule has 4 nitrogen and oxygen atoms in total. The first-order chi connectivity index (χ1) is 23.4. The van der Waals surface area contributed by atoms with Gasteiger partial charge in [-0.25, -0.2) is 4.98 Å². The van der Waals surface area contributed by atoms with Crippen molar-refractivity contribution in [3.63, 3.8) is 0 Å². The van der Waals surface area contributed by atoms with E-state index >= 15 is 0 Å². The van der Waals surface area contributed by atoms with Gasteiger partial charge in [-0.1, -0.05) is 172 Å². The molecule has 0 amide bonds. The number of benzene rings is 6. The number of hydrogen-bond acceptors (Lipinski definition) is 3. The lowest BCUT2D eigenvalue weighted by Gasteiger charge is -2.34. The first-order valence-electron chi connectivity index (χ1n) is 16.5. The molecular weight excluding hydrogens is 601 g/mol. The molecule has 0 bridgehead atoms. The molecule has 8 rings (SSSR count). The fourth-order valence-electron chi connectivity index (χ4n) is 7.02. The Morgan fingerprint density at radius 3 is 1.42 bits per heavy atom. The second-order valence-electron chi connectivity index (χ2n) is 13.3. The predicted molar refractivity (Wildman–Crippen MR) is 202 cm³/mol. The Labute approximate surface area is 282 Å². The molecule has 0 fully saturated rings. The van der Waals surface area contributed by atoms with E-state index in [0.717, 1.165) is 22.4 Å². The quantitative estimate of drug-likeness (QED) is 0.142. The van der Waals surface area contributed by atoms with Crippen molar-refractivity contribution in [3.8, 4) is 17.3 Å². The molecule has 6 aromatic carbocycles. The molecule has 2 aromatic heterocycles. The summed E-state index contributed by atoms with van der Waals surface area (Å²) >= 11 is 0. The van der Waals surface area contributed by atoms with Crippen LogP contribution in [0.2, 0.25) is 0 Å². The Balaban J connectivity index is 1.40. The van der Waals surface area contributed by atoms with Crippen LogP contribution in [0.25, 0.3) is 39.1 Å². The molecule has 5 heteroatoms. The Morgan fingerprint density at radius 2 is 0.917 bits per heavy atom. The number of nitrogens with zero attached hydrogens (tertiary/aromatic N) is 4. The lowest BCUT2D eigenvalue weighted by Crippen LogP contribution is -2.74. The number of fused-ring (bicyclic) bond motifs is 3. The van der Waals surface area contributed by atoms with E-state index < -0.39 is 8.07 Å². The average Bonchev–Trinajstić information content (AvgIpc) is 3.47. The lowest BCUT2D eigenvalue weighted by molar-refractivity contribution is 0.540. The van der Waals surface area contributed by atoms with Crippen molar-refractivity contribution in [3.05, 3.63) is 170 Å². The van der Waals surface area contributed by atoms with Gasteiger partial charge >= 0.3 is 0 Å². The summed E-state index contributed by atoms with van der Waals surface area (Å²) in [5.74, 6) is 2.06. The van der Waals surface area contributed by atoms with Crippen molar-refractivity contribution >= 4 is 50.6 Å². The number of aromatic nitrogens is 4. The normalized spacial score (nSPS) is 12.1. The highest BCUT2D eigenvalue weighted by Crippen LogP contribution is 2.32. The minimum absolute atomic E-state index is 0.292. The van der Waals surface area contributed by atoms with Gasteiger partial charge in [-0.15, -0.1) is 0 Å². The maximum absolute atomic E-state index is 5.26. The second-order valence-corrected chi connectivity index (χ2v) is 17.1. The van der Waals surface area contributed by atoms with Gasteiger partial charge in [0, 0.05) is 21.8 Å². The molecule has 0 spiro atoms. The third-order valence-corrected chi connectivity index (χ3v) is 14.0. The van der Waals surface area contributed by atoms with Gasteiger partial charge in [-0.3, -0.25) is 4.57 Å². The molecule has 2 heterocycles. The Kier molecular flexibility index (Phi) is 7.34. The Morgan fingerprint density at radius 1 is 0.458 bits per heavy atom. The van der Waals surface area contributed by atoms with Gasteiger partial charge < -0.3 is 0 Å². The van der Waals surface area contributed by atoms with Crippen LogP contribution in [-0.4, -0.2) is 27.6 Å². The third-order valence-electron chi connectivity index (χ3n) is 9.25. The maximum Gasteiger partial charge on any atom is 0.238 e. The van der Waals surface area contributed by atoms with E-state index in [-0.39, 0.29) is 5.41 Å². The maximum atomic E-state index is 5.26. The molecule has 0 aliphatic heterocycles. The van der Waals surface area contributed by atoms with Gasteiger partial charge in [0.25, 0.3) is 0 Å². The van der Waals surface area contributed by atoms with E-state index in [2.05, 4.69) is 189 Å². The second kappa shape index (κ2) is 11.9. The van der Waals surface area contributed by atoms with Crippen LogP contribution in [0.15, 0.2) is 164 Å². The van der Waals surface area contributed by atoms with Gasteiger partial charge in [0.1, 0.15) is 5.82 Å². The Bertz CT molecular complexity index is 2230. The molecule has 48 heavy (non-hydrogen) atoms. The minimum atomic E-state index is -2.73. The van der Waals surface area contributed by atoms with Gasteiger partial charge in [-0.2, -0.15) is 9.97 Å². The van der Waals surface area contributed by atoms with Gasteiger partial charge in [0.15, 0.2) is 13.9 Å². The summed E-state index contributed by atoms with van der Waals surface area (Å²) in [4.78, 5) is 15.6. The van der Waals surface area contributed by atoms with Gasteiger partial charge in [0.05, 0.1) is 11.0 Å². The predicted octanol–water partition coefficient (Wildman–Crippen LogP) is 7.31. The molecule has 232 valence electrons. The SMILES string of the molecule is CC(C)(C)c1nc(-c2cccc([Si](c3ccccc3)(c3ccccc3)c3ccccc3)c2)nc(-n2c3ccccc3c3ccccc32)n1. The van der Waals surface area contributed by atoms with Crippen molar-refractivity contribution in [2.75, 3.05) is 0 Å². The molecule has 8 aromatic rings. The minimum Gasteiger partial charge on any atom is -0.278 e. The van der Waals surface area contributed by atoms with Crippen LogP contribution in [0.4, 0.5) is 0 Å². The third kappa shape index (κ3) is 4.95. The summed E-state index contributed by atoms with van der Waals surface area (Å²) in [5, 5.41) is 7.63. The van der Waals surface area contributed by atoms with Crippen molar-refractivity contribution in [1.29, 1.82) is 0 Å². The number of rotatable bonds is 6. The van der Waals surface area contributed by atoms with Crippen molar-refractivity contribution in [1.82, 2.24) is 19.5 Å². The summed E-state index contributed by atoms with van der Waals surface area (Å²) in [5.41, 5.74) is 2.84. The monoisotopic (exact) mass is 636 g/mol. The number of hydrogen-bond donors (Lipinski definition) is 0. The van der Waals surface area contributed by atoms with E-state index in [1.54, 1.807) is 0 Å². The van der Waals surface area contributed by atoms with Crippen LogP contribution in [0.1, 0.15) is 26.6 Å². The first kappa shape index (κ1) is 29.7. The van der Waals surface area contributed by atoms with E-state index in [0.29, 0.717) is 11.8 Å². The standard InChI is InChI=1S/C43H36N4Si/c1-43(2,3)41-44-40(45-42(46-41)47-38-28-15-13-26-36(38)37-27-14-16-29-39(37)47)31-18-17-25-35(30-31)48(32-19-7-4-8-20-32,33-21-9-5-10-22-33)34-23-11-6-12-24-34/h4-30H,1-3H3. The van der Waals surface area contributed by atoms with Crippen molar-refractivity contribution in [2.24, 2.45) is 0 Å². The summed E-state index contributed by atoms with van der Waals surface area (Å²) in [7, 11) is -2.73. The fraction of sp³-hybridized carbons (Fsp3) is 0.0930. The van der Waals surface area contributed by atoms with E-state index in [9.17, 15) is 0 Å². The summed E-state index contributed by atoms with van der Waals surface area (Å²) in [6.07, 6.45) is 0. The zero-order valence-electron chi connectivity index (χ0n) is 27.4. The smallest absolute Gasteiger partial charge is 0.238 e. The largest absolute Gasteiger partial charge is 0.278 e. The lowest BCUT2D eigenvalue weighted by atomic mass is 9.96. The fourth-order valence-corrected chi connectivity index (χ4v) is 11.8. The van der Waals surface area contributed by atoms with E-state index in [1.165, 1.54) is 31.5 Å². The molecule has 0 atom stereocenters. The Hall–Kier alpha value is -5.65. The molecule has 0 saturated carbocycles. The summed E-state index contributed by atoms with van der Waals surface area (Å²) in [6.45, 7) is 6.49. The highest BCUT2D eigenvalue weighted by molar-refractivity contribution is 7.19. The van der Waals surface area contributed by atoms with E-state index in [1.807, 2.05) is 0 Å². The van der Waals surface area contributed by atoms with Crippen LogP contribution < -0.4 is 20.7 Å². The van der Waals surface area contributed by atoms with Gasteiger partial charge in [-0.05, 0) is 32.9 Å². The first-order valence-corrected chi connectivity index (χ1v) is 18.5. The molecule has 0 unspecified atom stereocenters. The van der Waals surface area contributed by atoms with Crippen LogP contribution >= 0.6 is 0 Å². The molecule has 0 saturated heterocycles. The highest BCUT2D eigenvalue weighted by atomic mass is 28.3. The zero-order valence-corrected chi connectivity index (χ0v) is 28.4. The topological polar surface area (TPSA) is 43.6 Å². The summed E-state index contributed by atoms with van der Waals surface area (Å²) in [6, 6.07) is 58.9. The zero-order chi connectivity index (χ0) is 32.7. The molecule has 0 aliphatic rings. The number of para-hydroxylation sites is 2. The van der Waals surface area contributed by atoms with Crippen LogP contribution in [0, 0.1) is 0 Å². The van der Waals surface area contributed by atoms with Gasteiger partial charge in [0.2, 0.25) is 5.95 Å². The average molecular weight is 637 g/mol. The molecule has 0 N–H and O–H groups in total. The molecular formula is C43H36N4Si. The van der Waals surface area contributed by atoms with Crippen molar-refractivity contribution < 1.29 is 0 Å². The van der Waals surface area contributed by atoms with Crippen LogP contribution in [0.5, 0.6) is 0 Å². The van der Waals surface area contributed by atoms with E-state index in [4.69, 9.17) is 15.0 Å². The van der Waals surface area contributed by atoms with Crippen LogP contribution in [0.3, 0.4) is 0 Å². The molecule has 0 aliphatic carbocycles. The summed E-state index contributed by atoms with van der Waals surface area (Å²) < 4.78 is 2.19. The molecule has 0 radical (unpaired) electrons. The van der Waals surface area contributed by atoms with Crippen LogP contribution in [-0.2, 0) is 5.41 Å².